The molecular weight excluding hydrogens is 438 g/mol. The smallest absolute Gasteiger partial charge is 0.247 e. The summed E-state index contributed by atoms with van der Waals surface area (Å²) in [6.07, 6.45) is 4.77. The fourth-order valence-corrected chi connectivity index (χ4v) is 4.11. The Morgan fingerprint density at radius 2 is 1.80 bits per heavy atom. The molecule has 0 bridgehead atoms. The minimum absolute atomic E-state index is 0.263. The number of carbonyl (C=O) groups is 1. The summed E-state index contributed by atoms with van der Waals surface area (Å²) >= 11 is 0. The maximum absolute atomic E-state index is 11.7. The van der Waals surface area contributed by atoms with E-state index in [-0.39, 0.29) is 5.91 Å². The molecule has 2 N–H and O–H groups in total. The Morgan fingerprint density at radius 3 is 2.57 bits per heavy atom. The molecule has 8 nitrogen and oxygen atoms in total. The van der Waals surface area contributed by atoms with E-state index >= 15 is 0 Å². The number of carbonyl (C=O) groups excluding carboxylic acids is 1. The number of hydrogen-bond acceptors (Lipinski definition) is 7. The van der Waals surface area contributed by atoms with E-state index in [1.165, 1.54) is 11.8 Å². The first kappa shape index (κ1) is 22.5. The van der Waals surface area contributed by atoms with Crippen molar-refractivity contribution in [2.75, 3.05) is 48.8 Å². The van der Waals surface area contributed by atoms with Crippen LogP contribution in [-0.2, 0) is 4.79 Å². The van der Waals surface area contributed by atoms with E-state index in [1.54, 1.807) is 12.4 Å². The standard InChI is InChI=1S/C27H27N7O/c1-3-24(35)30-22-6-4-5-19(17-22)25-26-20(11-12-28-25)18-29-27(32-26)31-21-7-9-23(10-8-21)34-15-13-33(2)14-16-34/h3-12,17-18H,1,13-16H2,2H3,(H,30,35)(H,29,31,32). The number of piperazine rings is 1. The van der Waals surface area contributed by atoms with Crippen molar-refractivity contribution in [3.63, 3.8) is 0 Å². The molecule has 8 heteroatoms. The summed E-state index contributed by atoms with van der Waals surface area (Å²) in [6.45, 7) is 7.72. The molecule has 0 saturated carbocycles. The van der Waals surface area contributed by atoms with Gasteiger partial charge in [0.2, 0.25) is 11.9 Å². The van der Waals surface area contributed by atoms with Crippen molar-refractivity contribution in [2.45, 2.75) is 0 Å². The Labute approximate surface area is 204 Å². The van der Waals surface area contributed by atoms with Crippen LogP contribution in [-0.4, -0.2) is 59.0 Å². The average molecular weight is 466 g/mol. The number of pyridine rings is 1. The molecule has 2 aromatic carbocycles. The van der Waals surface area contributed by atoms with Crippen LogP contribution in [0.3, 0.4) is 0 Å². The van der Waals surface area contributed by atoms with Gasteiger partial charge in [-0.15, -0.1) is 0 Å². The Morgan fingerprint density at radius 1 is 1.00 bits per heavy atom. The van der Waals surface area contributed by atoms with Crippen molar-refractivity contribution in [3.8, 4) is 11.3 Å². The number of amides is 1. The Bertz CT molecular complexity index is 1360. The Balaban J connectivity index is 1.39. The summed E-state index contributed by atoms with van der Waals surface area (Å²) < 4.78 is 0. The lowest BCUT2D eigenvalue weighted by molar-refractivity contribution is -0.111. The molecule has 0 aliphatic carbocycles. The summed E-state index contributed by atoms with van der Waals surface area (Å²) in [6, 6.07) is 17.8. The lowest BCUT2D eigenvalue weighted by Crippen LogP contribution is -2.44. The van der Waals surface area contributed by atoms with Gasteiger partial charge >= 0.3 is 0 Å². The highest BCUT2D eigenvalue weighted by molar-refractivity contribution is 5.99. The minimum Gasteiger partial charge on any atom is -0.369 e. The molecule has 0 radical (unpaired) electrons. The van der Waals surface area contributed by atoms with Crippen LogP contribution in [0.25, 0.3) is 22.2 Å². The van der Waals surface area contributed by atoms with Crippen molar-refractivity contribution in [2.24, 2.45) is 0 Å². The molecule has 1 aliphatic rings. The van der Waals surface area contributed by atoms with Gasteiger partial charge in [0.15, 0.2) is 0 Å². The third kappa shape index (κ3) is 5.12. The molecule has 1 aliphatic heterocycles. The molecular formula is C27H27N7O. The highest BCUT2D eigenvalue weighted by atomic mass is 16.1. The molecule has 4 aromatic rings. The quantitative estimate of drug-likeness (QED) is 0.410. The highest BCUT2D eigenvalue weighted by Crippen LogP contribution is 2.28. The van der Waals surface area contributed by atoms with Gasteiger partial charge in [-0.1, -0.05) is 18.7 Å². The van der Waals surface area contributed by atoms with Crippen LogP contribution in [0.4, 0.5) is 23.0 Å². The molecule has 2 aromatic heterocycles. The number of aromatic nitrogens is 3. The second-order valence-corrected chi connectivity index (χ2v) is 8.53. The monoisotopic (exact) mass is 465 g/mol. The summed E-state index contributed by atoms with van der Waals surface area (Å²) in [7, 11) is 2.16. The molecule has 3 heterocycles. The van der Waals surface area contributed by atoms with E-state index in [0.29, 0.717) is 17.3 Å². The van der Waals surface area contributed by atoms with Crippen LogP contribution in [0.1, 0.15) is 0 Å². The van der Waals surface area contributed by atoms with Crippen LogP contribution in [0.5, 0.6) is 0 Å². The Hall–Kier alpha value is -4.30. The van der Waals surface area contributed by atoms with E-state index < -0.39 is 0 Å². The van der Waals surface area contributed by atoms with Gasteiger partial charge in [0.25, 0.3) is 0 Å². The summed E-state index contributed by atoms with van der Waals surface area (Å²) in [5.41, 5.74) is 5.09. The molecule has 1 amide bonds. The number of likely N-dealkylation sites (N-methyl/N-ethyl adjacent to an activating group) is 1. The first-order chi connectivity index (χ1) is 17.1. The van der Waals surface area contributed by atoms with Crippen molar-refractivity contribution in [3.05, 3.63) is 79.6 Å². The zero-order valence-corrected chi connectivity index (χ0v) is 19.6. The van der Waals surface area contributed by atoms with Crippen molar-refractivity contribution in [1.29, 1.82) is 0 Å². The number of rotatable bonds is 6. The molecule has 0 spiro atoms. The van der Waals surface area contributed by atoms with Gasteiger partial charge in [-0.2, -0.15) is 0 Å². The highest BCUT2D eigenvalue weighted by Gasteiger charge is 2.14. The summed E-state index contributed by atoms with van der Waals surface area (Å²) in [4.78, 5) is 30.3. The van der Waals surface area contributed by atoms with Crippen LogP contribution >= 0.6 is 0 Å². The number of nitrogens with zero attached hydrogens (tertiary/aromatic N) is 5. The van der Waals surface area contributed by atoms with Gasteiger partial charge in [-0.25, -0.2) is 9.97 Å². The Kier molecular flexibility index (Phi) is 6.36. The lowest BCUT2D eigenvalue weighted by atomic mass is 10.1. The molecule has 1 fully saturated rings. The number of benzene rings is 2. The first-order valence-electron chi connectivity index (χ1n) is 11.6. The number of fused-ring (bicyclic) bond motifs is 1. The van der Waals surface area contributed by atoms with Gasteiger partial charge in [0.05, 0.1) is 5.69 Å². The number of hydrogen-bond donors (Lipinski definition) is 2. The number of nitrogens with one attached hydrogen (secondary N) is 2. The van der Waals surface area contributed by atoms with Crippen molar-refractivity contribution in [1.82, 2.24) is 19.9 Å². The second-order valence-electron chi connectivity index (χ2n) is 8.53. The third-order valence-corrected chi connectivity index (χ3v) is 6.08. The van der Waals surface area contributed by atoms with Gasteiger partial charge in [0.1, 0.15) is 5.52 Å². The third-order valence-electron chi connectivity index (χ3n) is 6.08. The van der Waals surface area contributed by atoms with E-state index in [0.717, 1.165) is 48.3 Å². The fraction of sp³-hybridized carbons (Fsp3) is 0.185. The molecule has 0 atom stereocenters. The average Bonchev–Trinajstić information content (AvgIpc) is 2.89. The van der Waals surface area contributed by atoms with Gasteiger partial charge in [0, 0.05) is 66.6 Å². The van der Waals surface area contributed by atoms with Crippen molar-refractivity contribution >= 4 is 39.8 Å². The first-order valence-corrected chi connectivity index (χ1v) is 11.6. The molecule has 35 heavy (non-hydrogen) atoms. The maximum atomic E-state index is 11.7. The predicted molar refractivity (Wildman–Crippen MR) is 141 cm³/mol. The maximum Gasteiger partial charge on any atom is 0.247 e. The minimum atomic E-state index is -0.263. The normalized spacial score (nSPS) is 14.0. The van der Waals surface area contributed by atoms with Crippen molar-refractivity contribution < 1.29 is 4.79 Å². The van der Waals surface area contributed by atoms with E-state index in [1.807, 2.05) is 30.3 Å². The van der Waals surface area contributed by atoms with Crippen LogP contribution in [0.15, 0.2) is 79.6 Å². The number of anilines is 4. The fourth-order valence-electron chi connectivity index (χ4n) is 4.11. The van der Waals surface area contributed by atoms with Gasteiger partial charge < -0.3 is 20.4 Å². The predicted octanol–water partition coefficient (Wildman–Crippen LogP) is 4.31. The van der Waals surface area contributed by atoms with Gasteiger partial charge in [-0.3, -0.25) is 9.78 Å². The summed E-state index contributed by atoms with van der Waals surface area (Å²) in [5.74, 6) is 0.232. The zero-order valence-electron chi connectivity index (χ0n) is 19.6. The van der Waals surface area contributed by atoms with E-state index in [2.05, 4.69) is 68.3 Å². The molecule has 1 saturated heterocycles. The molecule has 0 unspecified atom stereocenters. The SMILES string of the molecule is C=CC(=O)Nc1cccc(-c2nccc3cnc(Nc4ccc(N5CCN(C)CC5)cc4)nc23)c1. The summed E-state index contributed by atoms with van der Waals surface area (Å²) in [5, 5.41) is 6.98. The second kappa shape index (κ2) is 9.90. The van der Waals surface area contributed by atoms with E-state index in [4.69, 9.17) is 4.98 Å². The lowest BCUT2D eigenvalue weighted by Gasteiger charge is -2.34. The largest absolute Gasteiger partial charge is 0.369 e. The van der Waals surface area contributed by atoms with Crippen LogP contribution in [0, 0.1) is 0 Å². The molecule has 5 rings (SSSR count). The zero-order chi connectivity index (χ0) is 24.2. The topological polar surface area (TPSA) is 86.3 Å². The van der Waals surface area contributed by atoms with Crippen LogP contribution in [0.2, 0.25) is 0 Å². The van der Waals surface area contributed by atoms with Crippen LogP contribution < -0.4 is 15.5 Å². The van der Waals surface area contributed by atoms with Gasteiger partial charge in [-0.05, 0) is 55.6 Å². The van der Waals surface area contributed by atoms with E-state index in [9.17, 15) is 4.79 Å². The molecule has 176 valence electrons.